The highest BCUT2D eigenvalue weighted by Gasteiger charge is 2.32. The zero-order valence-corrected chi connectivity index (χ0v) is 13.2. The zero-order valence-electron chi connectivity index (χ0n) is 12.4. The van der Waals surface area contributed by atoms with Crippen molar-refractivity contribution in [1.29, 1.82) is 0 Å². The molecule has 0 aromatic heterocycles. The standard InChI is InChI=1S/C15H22N2O3S/c1-2-21(18,19)17-10-8-16(9-11-17)14-7-12-20-15-6-4-3-5-13(14)15/h3-6,14H,2,7-12H2,1H3. The molecule has 1 aromatic rings. The Balaban J connectivity index is 1.71. The van der Waals surface area contributed by atoms with E-state index in [4.69, 9.17) is 4.74 Å². The summed E-state index contributed by atoms with van der Waals surface area (Å²) in [5, 5.41) is 0. The lowest BCUT2D eigenvalue weighted by molar-refractivity contribution is 0.103. The number of sulfonamides is 1. The molecule has 0 bridgehead atoms. The first-order valence-electron chi connectivity index (χ1n) is 7.55. The second kappa shape index (κ2) is 5.94. The summed E-state index contributed by atoms with van der Waals surface area (Å²) in [5.41, 5.74) is 1.23. The van der Waals surface area contributed by atoms with Gasteiger partial charge in [-0.3, -0.25) is 4.90 Å². The maximum Gasteiger partial charge on any atom is 0.213 e. The van der Waals surface area contributed by atoms with Crippen LogP contribution in [0.2, 0.25) is 0 Å². The quantitative estimate of drug-likeness (QED) is 0.848. The van der Waals surface area contributed by atoms with Crippen molar-refractivity contribution in [3.05, 3.63) is 29.8 Å². The van der Waals surface area contributed by atoms with Crippen molar-refractivity contribution in [2.75, 3.05) is 38.5 Å². The summed E-state index contributed by atoms with van der Waals surface area (Å²) < 4.78 is 31.2. The lowest BCUT2D eigenvalue weighted by atomic mass is 9.98. The van der Waals surface area contributed by atoms with Crippen LogP contribution in [0.1, 0.15) is 24.9 Å². The van der Waals surface area contributed by atoms with Crippen LogP contribution in [0.4, 0.5) is 0 Å². The Hall–Kier alpha value is -1.11. The van der Waals surface area contributed by atoms with Crippen LogP contribution in [-0.4, -0.2) is 56.2 Å². The fourth-order valence-corrected chi connectivity index (χ4v) is 4.26. The molecule has 1 fully saturated rings. The third-order valence-electron chi connectivity index (χ3n) is 4.40. The van der Waals surface area contributed by atoms with Gasteiger partial charge in [-0.2, -0.15) is 4.31 Å². The van der Waals surface area contributed by atoms with Crippen LogP contribution >= 0.6 is 0 Å². The average Bonchev–Trinajstić information content (AvgIpc) is 2.54. The summed E-state index contributed by atoms with van der Waals surface area (Å²) in [6, 6.07) is 8.51. The fraction of sp³-hybridized carbons (Fsp3) is 0.600. The molecule has 0 spiro atoms. The lowest BCUT2D eigenvalue weighted by Crippen LogP contribution is -2.50. The molecule has 6 heteroatoms. The van der Waals surface area contributed by atoms with Crippen LogP contribution in [0.25, 0.3) is 0 Å². The van der Waals surface area contributed by atoms with E-state index in [1.165, 1.54) is 5.56 Å². The minimum absolute atomic E-state index is 0.188. The van der Waals surface area contributed by atoms with E-state index in [0.29, 0.717) is 19.1 Å². The van der Waals surface area contributed by atoms with Crippen LogP contribution in [0, 0.1) is 0 Å². The molecule has 0 aliphatic carbocycles. The number of rotatable bonds is 3. The van der Waals surface area contributed by atoms with Gasteiger partial charge in [-0.25, -0.2) is 8.42 Å². The van der Waals surface area contributed by atoms with Crippen LogP contribution in [-0.2, 0) is 10.0 Å². The molecule has 3 rings (SSSR count). The van der Waals surface area contributed by atoms with Crippen LogP contribution in [0.3, 0.4) is 0 Å². The molecule has 0 amide bonds. The Morgan fingerprint density at radius 2 is 1.90 bits per heavy atom. The highest BCUT2D eigenvalue weighted by Crippen LogP contribution is 2.36. The molecule has 0 radical (unpaired) electrons. The minimum atomic E-state index is -3.05. The van der Waals surface area contributed by atoms with E-state index in [9.17, 15) is 8.42 Å². The number of fused-ring (bicyclic) bond motifs is 1. The van der Waals surface area contributed by atoms with E-state index in [1.807, 2.05) is 18.2 Å². The van der Waals surface area contributed by atoms with Gasteiger partial charge in [0.25, 0.3) is 0 Å². The molecule has 1 saturated heterocycles. The fourth-order valence-electron chi connectivity index (χ4n) is 3.18. The van der Waals surface area contributed by atoms with Gasteiger partial charge in [0, 0.05) is 44.2 Å². The number of nitrogens with zero attached hydrogens (tertiary/aromatic N) is 2. The van der Waals surface area contributed by atoms with E-state index in [1.54, 1.807) is 11.2 Å². The molecule has 21 heavy (non-hydrogen) atoms. The molecule has 2 heterocycles. The van der Waals surface area contributed by atoms with Gasteiger partial charge in [-0.15, -0.1) is 0 Å². The molecule has 1 unspecified atom stereocenters. The highest BCUT2D eigenvalue weighted by molar-refractivity contribution is 7.89. The summed E-state index contributed by atoms with van der Waals surface area (Å²) in [7, 11) is -3.05. The summed E-state index contributed by atoms with van der Waals surface area (Å²) in [6.07, 6.45) is 0.970. The molecule has 1 atom stereocenters. The SMILES string of the molecule is CCS(=O)(=O)N1CCN(C2CCOc3ccccc32)CC1. The van der Waals surface area contributed by atoms with Crippen molar-refractivity contribution in [3.8, 4) is 5.75 Å². The summed E-state index contributed by atoms with van der Waals surface area (Å²) >= 11 is 0. The number of benzene rings is 1. The first-order chi connectivity index (χ1) is 10.1. The van der Waals surface area contributed by atoms with E-state index in [0.717, 1.165) is 31.9 Å². The number of hydrogen-bond donors (Lipinski definition) is 0. The Labute approximate surface area is 126 Å². The Morgan fingerprint density at radius 3 is 2.62 bits per heavy atom. The van der Waals surface area contributed by atoms with Gasteiger partial charge in [-0.05, 0) is 13.0 Å². The topological polar surface area (TPSA) is 49.9 Å². The van der Waals surface area contributed by atoms with Crippen molar-refractivity contribution in [3.63, 3.8) is 0 Å². The van der Waals surface area contributed by atoms with E-state index >= 15 is 0 Å². The summed E-state index contributed by atoms with van der Waals surface area (Å²) in [6.45, 7) is 5.20. The first-order valence-corrected chi connectivity index (χ1v) is 9.16. The maximum absolute atomic E-state index is 11.9. The summed E-state index contributed by atoms with van der Waals surface area (Å²) in [5.74, 6) is 1.16. The minimum Gasteiger partial charge on any atom is -0.493 e. The molecular weight excluding hydrogens is 288 g/mol. The Morgan fingerprint density at radius 1 is 1.19 bits per heavy atom. The van der Waals surface area contributed by atoms with Crippen LogP contribution in [0.15, 0.2) is 24.3 Å². The third-order valence-corrected chi connectivity index (χ3v) is 6.28. The highest BCUT2D eigenvalue weighted by atomic mass is 32.2. The smallest absolute Gasteiger partial charge is 0.213 e. The predicted octanol–water partition coefficient (Wildman–Crippen LogP) is 1.48. The monoisotopic (exact) mass is 310 g/mol. The Kier molecular flexibility index (Phi) is 4.19. The molecule has 116 valence electrons. The second-order valence-corrected chi connectivity index (χ2v) is 7.78. The molecule has 2 aliphatic rings. The molecule has 0 N–H and O–H groups in total. The molecule has 1 aromatic carbocycles. The second-order valence-electron chi connectivity index (χ2n) is 5.53. The number of hydrogen-bond acceptors (Lipinski definition) is 4. The van der Waals surface area contributed by atoms with Crippen molar-refractivity contribution >= 4 is 10.0 Å². The van der Waals surface area contributed by atoms with Crippen molar-refractivity contribution in [2.45, 2.75) is 19.4 Å². The normalized spacial score (nSPS) is 24.3. The summed E-state index contributed by atoms with van der Waals surface area (Å²) in [4.78, 5) is 2.39. The van der Waals surface area contributed by atoms with Gasteiger partial charge in [0.05, 0.1) is 12.4 Å². The molecule has 2 aliphatic heterocycles. The van der Waals surface area contributed by atoms with Gasteiger partial charge < -0.3 is 4.74 Å². The predicted molar refractivity (Wildman–Crippen MR) is 81.9 cm³/mol. The van der Waals surface area contributed by atoms with Crippen molar-refractivity contribution in [2.24, 2.45) is 0 Å². The Bertz CT molecular complexity index is 595. The largest absolute Gasteiger partial charge is 0.493 e. The van der Waals surface area contributed by atoms with E-state index in [2.05, 4.69) is 11.0 Å². The van der Waals surface area contributed by atoms with Gasteiger partial charge in [0.2, 0.25) is 10.0 Å². The van der Waals surface area contributed by atoms with Gasteiger partial charge in [0.15, 0.2) is 0 Å². The van der Waals surface area contributed by atoms with E-state index < -0.39 is 10.0 Å². The van der Waals surface area contributed by atoms with Crippen LogP contribution < -0.4 is 4.74 Å². The zero-order chi connectivity index (χ0) is 14.9. The molecule has 0 saturated carbocycles. The van der Waals surface area contributed by atoms with Gasteiger partial charge in [-0.1, -0.05) is 18.2 Å². The first kappa shape index (κ1) is 14.8. The number of ether oxygens (including phenoxy) is 1. The van der Waals surface area contributed by atoms with Crippen LogP contribution in [0.5, 0.6) is 5.75 Å². The van der Waals surface area contributed by atoms with E-state index in [-0.39, 0.29) is 5.75 Å². The van der Waals surface area contributed by atoms with Gasteiger partial charge in [0.1, 0.15) is 5.75 Å². The number of piperazine rings is 1. The third kappa shape index (κ3) is 2.93. The maximum atomic E-state index is 11.9. The lowest BCUT2D eigenvalue weighted by Gasteiger charge is -2.40. The molecular formula is C15H22N2O3S. The van der Waals surface area contributed by atoms with Crippen molar-refractivity contribution in [1.82, 2.24) is 9.21 Å². The average molecular weight is 310 g/mol. The van der Waals surface area contributed by atoms with Gasteiger partial charge >= 0.3 is 0 Å². The van der Waals surface area contributed by atoms with Crippen molar-refractivity contribution < 1.29 is 13.2 Å². The molecule has 5 nitrogen and oxygen atoms in total. The number of para-hydroxylation sites is 1.